The molecule has 1 atom stereocenters. The first-order valence-corrected chi connectivity index (χ1v) is 15.7. The van der Waals surface area contributed by atoms with Crippen molar-refractivity contribution in [1.29, 1.82) is 0 Å². The third kappa shape index (κ3) is 10.3. The maximum Gasteiger partial charge on any atom is 0.407 e. The van der Waals surface area contributed by atoms with Gasteiger partial charge in [0.15, 0.2) is 6.61 Å². The van der Waals surface area contributed by atoms with Gasteiger partial charge in [-0.3, -0.25) is 9.69 Å². The summed E-state index contributed by atoms with van der Waals surface area (Å²) in [5, 5.41) is 17.2. The molecule has 1 aliphatic rings. The zero-order valence-electron chi connectivity index (χ0n) is 26.9. The van der Waals surface area contributed by atoms with Crippen LogP contribution in [0.5, 0.6) is 5.75 Å². The van der Waals surface area contributed by atoms with E-state index >= 15 is 0 Å². The highest BCUT2D eigenvalue weighted by Gasteiger charge is 2.42. The summed E-state index contributed by atoms with van der Waals surface area (Å²) in [4.78, 5) is 40.1. The van der Waals surface area contributed by atoms with E-state index in [9.17, 15) is 19.5 Å². The Morgan fingerprint density at radius 2 is 1.48 bits per heavy atom. The number of benzene rings is 3. The third-order valence-corrected chi connectivity index (χ3v) is 7.63. The van der Waals surface area contributed by atoms with Gasteiger partial charge < -0.3 is 30.0 Å². The average molecular weight is 632 g/mol. The molecule has 4 rings (SSSR count). The quantitative estimate of drug-likeness (QED) is 0.187. The van der Waals surface area contributed by atoms with Crippen molar-refractivity contribution < 1.29 is 33.7 Å². The number of piperidine rings is 1. The smallest absolute Gasteiger partial charge is 0.407 e. The van der Waals surface area contributed by atoms with E-state index in [1.54, 1.807) is 69.3 Å². The largest absolute Gasteiger partial charge is 0.484 e. The molecule has 10 heteroatoms. The summed E-state index contributed by atoms with van der Waals surface area (Å²) in [5.41, 5.74) is -0.782. The fourth-order valence-electron chi connectivity index (χ4n) is 5.22. The fraction of sp³-hybridized carbons (Fsp3) is 0.417. The second-order valence-electron chi connectivity index (χ2n) is 12.5. The van der Waals surface area contributed by atoms with Crippen molar-refractivity contribution in [2.75, 3.05) is 39.4 Å². The van der Waals surface area contributed by atoms with Gasteiger partial charge in [0.1, 0.15) is 11.4 Å². The van der Waals surface area contributed by atoms with Gasteiger partial charge in [0, 0.05) is 25.2 Å². The molecule has 3 aromatic rings. The monoisotopic (exact) mass is 631 g/mol. The number of carbonyl (C=O) groups is 3. The van der Waals surface area contributed by atoms with Gasteiger partial charge in [-0.1, -0.05) is 72.8 Å². The fourth-order valence-corrected chi connectivity index (χ4v) is 5.22. The molecular formula is C36H45N3O7. The number of rotatable bonds is 13. The van der Waals surface area contributed by atoms with Gasteiger partial charge in [-0.15, -0.1) is 0 Å². The molecule has 1 fully saturated rings. The normalized spacial score (nSPS) is 15.3. The van der Waals surface area contributed by atoms with Crippen LogP contribution >= 0.6 is 0 Å². The number of carbonyl (C=O) groups excluding carboxylic acids is 3. The Morgan fingerprint density at radius 3 is 2.15 bits per heavy atom. The minimum atomic E-state index is -2.08. The van der Waals surface area contributed by atoms with Gasteiger partial charge in [-0.2, -0.15) is 0 Å². The van der Waals surface area contributed by atoms with Gasteiger partial charge in [0.05, 0.1) is 6.61 Å². The van der Waals surface area contributed by atoms with E-state index in [1.165, 1.54) is 11.6 Å². The number of hydrogen-bond acceptors (Lipinski definition) is 8. The van der Waals surface area contributed by atoms with Crippen LogP contribution in [0, 0.1) is 5.92 Å². The molecule has 0 aliphatic carbocycles. The molecular weight excluding hydrogens is 586 g/mol. The molecule has 0 bridgehead atoms. The Kier molecular flexibility index (Phi) is 12.2. The van der Waals surface area contributed by atoms with Crippen LogP contribution in [-0.2, 0) is 31.2 Å². The van der Waals surface area contributed by atoms with E-state index in [2.05, 4.69) is 27.7 Å². The lowest BCUT2D eigenvalue weighted by Gasteiger charge is -2.33. The zero-order valence-corrected chi connectivity index (χ0v) is 26.9. The van der Waals surface area contributed by atoms with E-state index in [0.29, 0.717) is 11.3 Å². The van der Waals surface area contributed by atoms with E-state index in [1.807, 2.05) is 18.2 Å². The number of aliphatic hydroxyl groups is 1. The van der Waals surface area contributed by atoms with Gasteiger partial charge in [-0.05, 0) is 75.9 Å². The van der Waals surface area contributed by atoms with Crippen LogP contribution < -0.4 is 15.4 Å². The van der Waals surface area contributed by atoms with E-state index in [0.717, 1.165) is 32.5 Å². The summed E-state index contributed by atoms with van der Waals surface area (Å²) in [6, 6.07) is 25.5. The van der Waals surface area contributed by atoms with Crippen LogP contribution in [0.1, 0.15) is 50.3 Å². The van der Waals surface area contributed by atoms with Crippen LogP contribution in [0.25, 0.3) is 0 Å². The summed E-state index contributed by atoms with van der Waals surface area (Å²) < 4.78 is 16.6. The molecule has 3 aromatic carbocycles. The second kappa shape index (κ2) is 16.2. The molecule has 46 heavy (non-hydrogen) atoms. The molecule has 0 radical (unpaired) electrons. The number of likely N-dealkylation sites (tertiary alicyclic amines) is 1. The van der Waals surface area contributed by atoms with Crippen LogP contribution in [0.15, 0.2) is 84.9 Å². The standard InChI is InChI=1S/C36H45N3O7/c1-35(2,3)46-34(42)38-20-19-37-32(40)26-44-31-16-10-15-30(23-31)36(43,29-13-8-5-9-14-29)33(41)45-25-28-17-21-39(22-18-28)24-27-11-6-4-7-12-27/h4-16,23,28,43H,17-22,24-26H2,1-3H3,(H,37,40)(H,38,42). The maximum absolute atomic E-state index is 13.6. The molecule has 10 nitrogen and oxygen atoms in total. The van der Waals surface area contributed by atoms with Crippen molar-refractivity contribution >= 4 is 18.0 Å². The average Bonchev–Trinajstić information content (AvgIpc) is 3.05. The lowest BCUT2D eigenvalue weighted by atomic mass is 9.86. The minimum absolute atomic E-state index is 0.188. The summed E-state index contributed by atoms with van der Waals surface area (Å²) in [7, 11) is 0. The van der Waals surface area contributed by atoms with Crippen LogP contribution in [0.3, 0.4) is 0 Å². The molecule has 0 saturated carbocycles. The Bertz CT molecular complexity index is 1420. The molecule has 0 aromatic heterocycles. The highest BCUT2D eigenvalue weighted by molar-refractivity contribution is 5.85. The number of amides is 2. The highest BCUT2D eigenvalue weighted by Crippen LogP contribution is 2.33. The van der Waals surface area contributed by atoms with Crippen LogP contribution in [-0.4, -0.2) is 73.0 Å². The number of esters is 1. The highest BCUT2D eigenvalue weighted by atomic mass is 16.6. The third-order valence-electron chi connectivity index (χ3n) is 7.63. The Morgan fingerprint density at radius 1 is 0.848 bits per heavy atom. The van der Waals surface area contributed by atoms with Crippen LogP contribution in [0.2, 0.25) is 0 Å². The number of nitrogens with zero attached hydrogens (tertiary/aromatic N) is 1. The number of hydrogen-bond donors (Lipinski definition) is 3. The molecule has 1 heterocycles. The Labute approximate surface area is 271 Å². The Hall–Kier alpha value is -4.41. The van der Waals surface area contributed by atoms with E-state index in [4.69, 9.17) is 14.2 Å². The van der Waals surface area contributed by atoms with Gasteiger partial charge >= 0.3 is 12.1 Å². The topological polar surface area (TPSA) is 126 Å². The molecule has 246 valence electrons. The first-order chi connectivity index (χ1) is 22.0. The lowest BCUT2D eigenvalue weighted by molar-refractivity contribution is -0.164. The van der Waals surface area contributed by atoms with Crippen molar-refractivity contribution in [1.82, 2.24) is 15.5 Å². The maximum atomic E-state index is 13.6. The summed E-state index contributed by atoms with van der Waals surface area (Å²) in [6.07, 6.45) is 1.22. The van der Waals surface area contributed by atoms with Gasteiger partial charge in [-0.25, -0.2) is 9.59 Å². The SMILES string of the molecule is CC(C)(C)OC(=O)NCCNC(=O)COc1cccc(C(O)(C(=O)OCC2CCN(Cc3ccccc3)CC2)c2ccccc2)c1. The lowest BCUT2D eigenvalue weighted by Crippen LogP contribution is -2.40. The molecule has 3 N–H and O–H groups in total. The predicted octanol–water partition coefficient (Wildman–Crippen LogP) is 4.40. The molecule has 0 spiro atoms. The molecule has 2 amide bonds. The number of ether oxygens (including phenoxy) is 3. The summed E-state index contributed by atoms with van der Waals surface area (Å²) >= 11 is 0. The van der Waals surface area contributed by atoms with Crippen molar-refractivity contribution in [3.63, 3.8) is 0 Å². The van der Waals surface area contributed by atoms with E-state index < -0.39 is 29.2 Å². The van der Waals surface area contributed by atoms with E-state index in [-0.39, 0.29) is 37.8 Å². The van der Waals surface area contributed by atoms with Crippen LogP contribution in [0.4, 0.5) is 4.79 Å². The molecule has 1 unspecified atom stereocenters. The Balaban J connectivity index is 1.31. The summed E-state index contributed by atoms with van der Waals surface area (Å²) in [6.45, 7) is 8.31. The van der Waals surface area contributed by atoms with Gasteiger partial charge in [0.2, 0.25) is 5.60 Å². The van der Waals surface area contributed by atoms with Crippen molar-refractivity contribution in [2.24, 2.45) is 5.92 Å². The predicted molar refractivity (Wildman–Crippen MR) is 174 cm³/mol. The van der Waals surface area contributed by atoms with Crippen molar-refractivity contribution in [3.05, 3.63) is 102 Å². The zero-order chi connectivity index (χ0) is 33.0. The second-order valence-corrected chi connectivity index (χ2v) is 12.5. The van der Waals surface area contributed by atoms with Crippen molar-refractivity contribution in [2.45, 2.75) is 51.4 Å². The molecule has 1 aliphatic heterocycles. The molecule has 1 saturated heterocycles. The minimum Gasteiger partial charge on any atom is -0.484 e. The first kappa shape index (κ1) is 34.5. The van der Waals surface area contributed by atoms with Gasteiger partial charge in [0.25, 0.3) is 5.91 Å². The first-order valence-electron chi connectivity index (χ1n) is 15.7. The number of nitrogens with one attached hydrogen (secondary N) is 2. The number of alkyl carbamates (subject to hydrolysis) is 1. The van der Waals surface area contributed by atoms with Crippen molar-refractivity contribution in [3.8, 4) is 5.75 Å². The summed E-state index contributed by atoms with van der Waals surface area (Å²) in [5.74, 6) is -0.669.